The van der Waals surface area contributed by atoms with Gasteiger partial charge in [0.05, 0.1) is 14.2 Å². The Morgan fingerprint density at radius 1 is 1.16 bits per heavy atom. The third kappa shape index (κ3) is 5.45. The van der Waals surface area contributed by atoms with E-state index in [4.69, 9.17) is 19.9 Å². The molecule has 0 bridgehead atoms. The van der Waals surface area contributed by atoms with Crippen LogP contribution in [0.2, 0.25) is 0 Å². The standard InChI is InChI=1S/C22H27N3O7/c1-13(2)11-25-20(23)19(21(28)24(3)22(25)29)16(26)12-32-18(27)9-7-14-6-8-15(30-4)10-17(14)31-5/h6-10,13H,11-12,23H2,1-5H3/b9-7+. The van der Waals surface area contributed by atoms with Crippen molar-refractivity contribution in [1.29, 1.82) is 0 Å². The molecule has 0 amide bonds. The molecule has 172 valence electrons. The fourth-order valence-electron chi connectivity index (χ4n) is 2.96. The van der Waals surface area contributed by atoms with E-state index in [9.17, 15) is 19.2 Å². The van der Waals surface area contributed by atoms with E-state index in [1.165, 1.54) is 27.3 Å². The predicted molar refractivity (Wildman–Crippen MR) is 119 cm³/mol. The number of nitrogens with zero attached hydrogens (tertiary/aromatic N) is 2. The van der Waals surface area contributed by atoms with Gasteiger partial charge in [0.1, 0.15) is 22.9 Å². The largest absolute Gasteiger partial charge is 0.497 e. The van der Waals surface area contributed by atoms with E-state index < -0.39 is 29.6 Å². The number of rotatable bonds is 9. The third-order valence-corrected chi connectivity index (χ3v) is 4.59. The Bertz CT molecular complexity index is 1160. The molecule has 1 heterocycles. The zero-order chi connectivity index (χ0) is 24.0. The molecule has 0 aliphatic heterocycles. The Morgan fingerprint density at radius 3 is 2.44 bits per heavy atom. The number of methoxy groups -OCH3 is 2. The lowest BCUT2D eigenvalue weighted by molar-refractivity contribution is -0.136. The van der Waals surface area contributed by atoms with Crippen molar-refractivity contribution in [3.05, 3.63) is 56.2 Å². The first-order valence-corrected chi connectivity index (χ1v) is 9.80. The van der Waals surface area contributed by atoms with Crippen LogP contribution >= 0.6 is 0 Å². The van der Waals surface area contributed by atoms with E-state index in [0.717, 1.165) is 15.2 Å². The van der Waals surface area contributed by atoms with Gasteiger partial charge in [-0.25, -0.2) is 9.59 Å². The molecule has 0 saturated heterocycles. The topological polar surface area (TPSA) is 132 Å². The van der Waals surface area contributed by atoms with Crippen LogP contribution in [-0.2, 0) is 23.1 Å². The van der Waals surface area contributed by atoms with Crippen molar-refractivity contribution >= 4 is 23.6 Å². The van der Waals surface area contributed by atoms with Crippen LogP contribution in [0.15, 0.2) is 33.9 Å². The first-order valence-electron chi connectivity index (χ1n) is 9.80. The molecular weight excluding hydrogens is 418 g/mol. The van der Waals surface area contributed by atoms with Gasteiger partial charge in [-0.15, -0.1) is 0 Å². The number of Topliss-reactive ketones (excluding diaryl/α,β-unsaturated/α-hetero) is 1. The first-order chi connectivity index (χ1) is 15.1. The summed E-state index contributed by atoms with van der Waals surface area (Å²) in [6, 6.07) is 5.04. The second-order valence-corrected chi connectivity index (χ2v) is 7.38. The maximum Gasteiger partial charge on any atom is 0.332 e. The fourth-order valence-corrected chi connectivity index (χ4v) is 2.96. The molecule has 0 atom stereocenters. The molecule has 1 aromatic carbocycles. The Morgan fingerprint density at radius 2 is 1.84 bits per heavy atom. The monoisotopic (exact) mass is 445 g/mol. The number of hydrogen-bond acceptors (Lipinski definition) is 8. The molecule has 2 rings (SSSR count). The van der Waals surface area contributed by atoms with Gasteiger partial charge in [0, 0.05) is 31.3 Å². The van der Waals surface area contributed by atoms with Gasteiger partial charge in [-0.3, -0.25) is 18.7 Å². The normalized spacial score (nSPS) is 11.1. The number of benzene rings is 1. The van der Waals surface area contributed by atoms with Gasteiger partial charge in [0.15, 0.2) is 6.61 Å². The number of carbonyl (C=O) groups is 2. The molecule has 0 aliphatic rings. The number of esters is 1. The number of aromatic nitrogens is 2. The molecule has 2 N–H and O–H groups in total. The van der Waals surface area contributed by atoms with E-state index in [0.29, 0.717) is 17.1 Å². The van der Waals surface area contributed by atoms with E-state index >= 15 is 0 Å². The van der Waals surface area contributed by atoms with Crippen molar-refractivity contribution < 1.29 is 23.8 Å². The van der Waals surface area contributed by atoms with Gasteiger partial charge in [-0.1, -0.05) is 13.8 Å². The van der Waals surface area contributed by atoms with Crippen LogP contribution in [0.5, 0.6) is 11.5 Å². The number of anilines is 1. The second kappa shape index (κ2) is 10.5. The summed E-state index contributed by atoms with van der Waals surface area (Å²) in [4.78, 5) is 49.4. The summed E-state index contributed by atoms with van der Waals surface area (Å²) in [7, 11) is 4.26. The van der Waals surface area contributed by atoms with E-state index in [-0.39, 0.29) is 23.8 Å². The summed E-state index contributed by atoms with van der Waals surface area (Å²) in [6.45, 7) is 3.25. The average Bonchev–Trinajstić information content (AvgIpc) is 2.77. The van der Waals surface area contributed by atoms with Crippen molar-refractivity contribution in [2.75, 3.05) is 26.6 Å². The van der Waals surface area contributed by atoms with Crippen LogP contribution in [0.25, 0.3) is 6.08 Å². The third-order valence-electron chi connectivity index (χ3n) is 4.59. The van der Waals surface area contributed by atoms with Gasteiger partial charge >= 0.3 is 11.7 Å². The molecule has 10 heteroatoms. The van der Waals surface area contributed by atoms with Crippen molar-refractivity contribution in [3.63, 3.8) is 0 Å². The minimum Gasteiger partial charge on any atom is -0.497 e. The van der Waals surface area contributed by atoms with Crippen LogP contribution < -0.4 is 26.5 Å². The lowest BCUT2D eigenvalue weighted by atomic mass is 10.1. The Labute approximate surface area is 184 Å². The molecule has 1 aromatic heterocycles. The number of nitrogens with two attached hydrogens (primary N) is 1. The first kappa shape index (κ1) is 24.4. The summed E-state index contributed by atoms with van der Waals surface area (Å²) < 4.78 is 17.3. The highest BCUT2D eigenvalue weighted by molar-refractivity contribution is 6.02. The number of hydrogen-bond donors (Lipinski definition) is 1. The quantitative estimate of drug-likeness (QED) is 0.346. The Balaban J connectivity index is 2.18. The SMILES string of the molecule is COc1ccc(/C=C/C(=O)OCC(=O)c2c(N)n(CC(C)C)c(=O)n(C)c2=O)c(OC)c1. The highest BCUT2D eigenvalue weighted by Crippen LogP contribution is 2.25. The van der Waals surface area contributed by atoms with Crippen LogP contribution in [0.3, 0.4) is 0 Å². The van der Waals surface area contributed by atoms with Crippen LogP contribution in [0.4, 0.5) is 5.82 Å². The molecule has 2 aromatic rings. The van der Waals surface area contributed by atoms with Crippen LogP contribution in [0, 0.1) is 5.92 Å². The van der Waals surface area contributed by atoms with Gasteiger partial charge in [0.2, 0.25) is 5.78 Å². The molecule has 0 fully saturated rings. The average molecular weight is 445 g/mol. The van der Waals surface area contributed by atoms with Crippen LogP contribution in [-0.4, -0.2) is 41.7 Å². The highest BCUT2D eigenvalue weighted by atomic mass is 16.5. The maximum atomic E-state index is 12.6. The molecule has 0 spiro atoms. The number of ketones is 1. The van der Waals surface area contributed by atoms with Gasteiger partial charge in [-0.05, 0) is 24.1 Å². The molecule has 0 saturated carbocycles. The minimum atomic E-state index is -0.841. The second-order valence-electron chi connectivity index (χ2n) is 7.38. The van der Waals surface area contributed by atoms with Crippen molar-refractivity contribution in [3.8, 4) is 11.5 Å². The zero-order valence-electron chi connectivity index (χ0n) is 18.7. The Hall–Kier alpha value is -3.82. The summed E-state index contributed by atoms with van der Waals surface area (Å²) in [5, 5.41) is 0. The highest BCUT2D eigenvalue weighted by Gasteiger charge is 2.22. The summed E-state index contributed by atoms with van der Waals surface area (Å²) in [5.74, 6) is -0.732. The summed E-state index contributed by atoms with van der Waals surface area (Å²) in [5.41, 5.74) is 4.70. The van der Waals surface area contributed by atoms with Crippen LogP contribution in [0.1, 0.15) is 29.8 Å². The summed E-state index contributed by atoms with van der Waals surface area (Å²) >= 11 is 0. The van der Waals surface area contributed by atoms with Gasteiger partial charge in [0.25, 0.3) is 5.56 Å². The van der Waals surface area contributed by atoms with Crippen molar-refractivity contribution in [2.45, 2.75) is 20.4 Å². The molecule has 0 unspecified atom stereocenters. The molecule has 32 heavy (non-hydrogen) atoms. The lowest BCUT2D eigenvalue weighted by Gasteiger charge is -2.16. The fraction of sp³-hybridized carbons (Fsp3) is 0.364. The number of ether oxygens (including phenoxy) is 3. The number of nitrogen functional groups attached to an aromatic ring is 1. The van der Waals surface area contributed by atoms with Gasteiger partial charge in [-0.2, -0.15) is 0 Å². The zero-order valence-corrected chi connectivity index (χ0v) is 18.7. The van der Waals surface area contributed by atoms with E-state index in [1.807, 2.05) is 13.8 Å². The molecule has 0 aliphatic carbocycles. The molecule has 10 nitrogen and oxygen atoms in total. The molecule has 0 radical (unpaired) electrons. The van der Waals surface area contributed by atoms with Crippen molar-refractivity contribution in [1.82, 2.24) is 9.13 Å². The number of carbonyl (C=O) groups excluding carboxylic acids is 2. The lowest BCUT2D eigenvalue weighted by Crippen LogP contribution is -2.43. The predicted octanol–water partition coefficient (Wildman–Crippen LogP) is 1.24. The van der Waals surface area contributed by atoms with Gasteiger partial charge < -0.3 is 19.9 Å². The Kier molecular flexibility index (Phi) is 8.00. The maximum absolute atomic E-state index is 12.6. The smallest absolute Gasteiger partial charge is 0.332 e. The van der Waals surface area contributed by atoms with E-state index in [2.05, 4.69) is 0 Å². The summed E-state index contributed by atoms with van der Waals surface area (Å²) in [6.07, 6.45) is 2.58. The molecular formula is C22H27N3O7. The minimum absolute atomic E-state index is 0.0494. The van der Waals surface area contributed by atoms with Crippen molar-refractivity contribution in [2.24, 2.45) is 13.0 Å². The van der Waals surface area contributed by atoms with E-state index in [1.54, 1.807) is 18.2 Å².